The monoisotopic (exact) mass is 429 g/mol. The Bertz CT molecular complexity index is 1080. The van der Waals surface area contributed by atoms with Gasteiger partial charge in [0.1, 0.15) is 11.8 Å². The quantitative estimate of drug-likeness (QED) is 0.550. The number of hydrazine groups is 1. The fourth-order valence-corrected chi connectivity index (χ4v) is 4.01. The zero-order chi connectivity index (χ0) is 22.3. The van der Waals surface area contributed by atoms with Crippen molar-refractivity contribution >= 4 is 23.1 Å². The number of para-hydroxylation sites is 1. The second-order valence-corrected chi connectivity index (χ2v) is 7.76. The predicted octanol–water partition coefficient (Wildman–Crippen LogP) is 4.23. The predicted molar refractivity (Wildman–Crippen MR) is 126 cm³/mol. The minimum atomic E-state index is -0.471. The number of benzene rings is 3. The van der Waals surface area contributed by atoms with Gasteiger partial charge in [-0.15, -0.1) is 0 Å². The molecule has 0 saturated carbocycles. The molecule has 1 aliphatic heterocycles. The van der Waals surface area contributed by atoms with Crippen molar-refractivity contribution in [1.82, 2.24) is 5.43 Å². The standard InChI is InChI=1S/C26H27N3O3/c1-32-22-14-8-13-21(17-22)27-18-25(30)28-29-23-15-6-5-9-19(23)12-7-16-24(29)26(31)20-10-3-2-4-11-20/h2-6,8-11,13-15,17,24,27H,7,12,16,18H2,1H3,(H,28,30). The maximum Gasteiger partial charge on any atom is 0.257 e. The summed E-state index contributed by atoms with van der Waals surface area (Å²) in [5.74, 6) is 0.490. The Morgan fingerprint density at radius 1 is 1.00 bits per heavy atom. The van der Waals surface area contributed by atoms with Crippen molar-refractivity contribution in [2.45, 2.75) is 25.3 Å². The first-order valence-electron chi connectivity index (χ1n) is 10.8. The fourth-order valence-electron chi connectivity index (χ4n) is 4.01. The van der Waals surface area contributed by atoms with Crippen molar-refractivity contribution in [2.75, 3.05) is 24.0 Å². The number of Topliss-reactive ketones (excluding diaryl/α,β-unsaturated/α-hetero) is 1. The average molecular weight is 430 g/mol. The third kappa shape index (κ3) is 4.91. The Hall–Kier alpha value is -3.80. The van der Waals surface area contributed by atoms with E-state index >= 15 is 0 Å². The molecule has 0 bridgehead atoms. The minimum absolute atomic E-state index is 0.00311. The Balaban J connectivity index is 1.55. The molecule has 1 unspecified atom stereocenters. The normalized spacial score (nSPS) is 15.3. The Kier molecular flexibility index (Phi) is 6.70. The number of ether oxygens (including phenoxy) is 1. The van der Waals surface area contributed by atoms with Crippen LogP contribution >= 0.6 is 0 Å². The van der Waals surface area contributed by atoms with E-state index in [1.807, 2.05) is 72.8 Å². The number of hydrogen-bond acceptors (Lipinski definition) is 5. The minimum Gasteiger partial charge on any atom is -0.497 e. The van der Waals surface area contributed by atoms with Gasteiger partial charge in [0.25, 0.3) is 5.91 Å². The summed E-state index contributed by atoms with van der Waals surface area (Å²) in [6.07, 6.45) is 2.39. The van der Waals surface area contributed by atoms with Crippen LogP contribution in [0.2, 0.25) is 0 Å². The zero-order valence-electron chi connectivity index (χ0n) is 18.1. The number of methoxy groups -OCH3 is 1. The summed E-state index contributed by atoms with van der Waals surface area (Å²) in [5.41, 5.74) is 6.42. The summed E-state index contributed by atoms with van der Waals surface area (Å²) in [6, 6.07) is 24.1. The molecular weight excluding hydrogens is 402 g/mol. The number of hydrogen-bond donors (Lipinski definition) is 2. The van der Waals surface area contributed by atoms with Crippen molar-refractivity contribution in [1.29, 1.82) is 0 Å². The van der Waals surface area contributed by atoms with Gasteiger partial charge >= 0.3 is 0 Å². The van der Waals surface area contributed by atoms with E-state index in [4.69, 9.17) is 4.74 Å². The maximum atomic E-state index is 13.4. The Morgan fingerprint density at radius 2 is 1.78 bits per heavy atom. The highest BCUT2D eigenvalue weighted by Gasteiger charge is 2.31. The molecule has 32 heavy (non-hydrogen) atoms. The van der Waals surface area contributed by atoms with Crippen LogP contribution in [0.15, 0.2) is 78.9 Å². The van der Waals surface area contributed by atoms with Crippen molar-refractivity contribution in [3.63, 3.8) is 0 Å². The number of aryl methyl sites for hydroxylation is 1. The number of nitrogens with one attached hydrogen (secondary N) is 2. The molecule has 1 heterocycles. The van der Waals surface area contributed by atoms with Gasteiger partial charge in [0.15, 0.2) is 5.78 Å². The molecule has 164 valence electrons. The van der Waals surface area contributed by atoms with E-state index in [9.17, 15) is 9.59 Å². The van der Waals surface area contributed by atoms with Gasteiger partial charge in [-0.25, -0.2) is 0 Å². The number of nitrogens with zero attached hydrogens (tertiary/aromatic N) is 1. The molecule has 0 radical (unpaired) electrons. The van der Waals surface area contributed by atoms with E-state index in [0.717, 1.165) is 29.8 Å². The van der Waals surface area contributed by atoms with Crippen LogP contribution in [-0.2, 0) is 11.2 Å². The van der Waals surface area contributed by atoms with Gasteiger partial charge in [-0.3, -0.25) is 20.0 Å². The van der Waals surface area contributed by atoms with Crippen molar-refractivity contribution < 1.29 is 14.3 Å². The van der Waals surface area contributed by atoms with Gasteiger partial charge in [0, 0.05) is 17.3 Å². The highest BCUT2D eigenvalue weighted by atomic mass is 16.5. The van der Waals surface area contributed by atoms with Crippen molar-refractivity contribution in [3.8, 4) is 5.75 Å². The van der Waals surface area contributed by atoms with Crippen LogP contribution in [0, 0.1) is 0 Å². The number of ketones is 1. The van der Waals surface area contributed by atoms with Crippen molar-refractivity contribution in [2.24, 2.45) is 0 Å². The molecule has 0 aromatic heterocycles. The van der Waals surface area contributed by atoms with Gasteiger partial charge in [-0.2, -0.15) is 0 Å². The molecule has 6 nitrogen and oxygen atoms in total. The molecule has 1 amide bonds. The van der Waals surface area contributed by atoms with E-state index in [1.54, 1.807) is 12.1 Å². The van der Waals surface area contributed by atoms with E-state index < -0.39 is 6.04 Å². The highest BCUT2D eigenvalue weighted by Crippen LogP contribution is 2.29. The molecule has 1 atom stereocenters. The number of carbonyl (C=O) groups excluding carboxylic acids is 2. The lowest BCUT2D eigenvalue weighted by Crippen LogP contribution is -2.53. The summed E-state index contributed by atoms with van der Waals surface area (Å²) in [6.45, 7) is 0.0675. The molecule has 3 aromatic rings. The number of rotatable bonds is 7. The summed E-state index contributed by atoms with van der Waals surface area (Å²) >= 11 is 0. The highest BCUT2D eigenvalue weighted by molar-refractivity contribution is 6.02. The smallest absolute Gasteiger partial charge is 0.257 e. The first kappa shape index (κ1) is 21.4. The molecule has 3 aromatic carbocycles. The van der Waals surface area contributed by atoms with Gasteiger partial charge in [-0.1, -0.05) is 54.6 Å². The second-order valence-electron chi connectivity index (χ2n) is 7.76. The molecule has 4 rings (SSSR count). The van der Waals surface area contributed by atoms with Crippen LogP contribution in [-0.4, -0.2) is 31.4 Å². The lowest BCUT2D eigenvalue weighted by atomic mass is 9.99. The number of amides is 1. The van der Waals surface area contributed by atoms with Gasteiger partial charge in [-0.05, 0) is 43.0 Å². The number of anilines is 2. The number of fused-ring (bicyclic) bond motifs is 1. The lowest BCUT2D eigenvalue weighted by molar-refractivity contribution is -0.119. The van der Waals surface area contributed by atoms with Gasteiger partial charge in [0.05, 0.1) is 19.3 Å². The van der Waals surface area contributed by atoms with Crippen LogP contribution in [0.25, 0.3) is 0 Å². The number of carbonyl (C=O) groups is 2. The van der Waals surface area contributed by atoms with E-state index in [0.29, 0.717) is 17.7 Å². The van der Waals surface area contributed by atoms with E-state index in [2.05, 4.69) is 16.8 Å². The fraction of sp³-hybridized carbons (Fsp3) is 0.231. The SMILES string of the molecule is COc1cccc(NCC(=O)NN2c3ccccc3CCCC2C(=O)c2ccccc2)c1. The lowest BCUT2D eigenvalue weighted by Gasteiger charge is -2.32. The third-order valence-corrected chi connectivity index (χ3v) is 5.62. The molecular formula is C26H27N3O3. The molecule has 0 fully saturated rings. The second kappa shape index (κ2) is 10.0. The van der Waals surface area contributed by atoms with Crippen molar-refractivity contribution in [3.05, 3.63) is 90.0 Å². The Morgan fingerprint density at radius 3 is 2.59 bits per heavy atom. The Labute approximate surface area is 188 Å². The molecule has 2 N–H and O–H groups in total. The third-order valence-electron chi connectivity index (χ3n) is 5.62. The van der Waals surface area contributed by atoms with E-state index in [-0.39, 0.29) is 18.2 Å². The zero-order valence-corrected chi connectivity index (χ0v) is 18.1. The molecule has 1 aliphatic rings. The molecule has 0 aliphatic carbocycles. The summed E-state index contributed by atoms with van der Waals surface area (Å²) < 4.78 is 5.23. The first-order chi connectivity index (χ1) is 15.7. The largest absolute Gasteiger partial charge is 0.497 e. The van der Waals surface area contributed by atoms with E-state index in [1.165, 1.54) is 0 Å². The molecule has 6 heteroatoms. The van der Waals surface area contributed by atoms with Gasteiger partial charge in [0.2, 0.25) is 0 Å². The average Bonchev–Trinajstić information content (AvgIpc) is 3.02. The van der Waals surface area contributed by atoms with Crippen LogP contribution in [0.1, 0.15) is 28.8 Å². The van der Waals surface area contributed by atoms with Crippen LogP contribution in [0.4, 0.5) is 11.4 Å². The topological polar surface area (TPSA) is 70.7 Å². The van der Waals surface area contributed by atoms with Crippen LogP contribution in [0.5, 0.6) is 5.75 Å². The van der Waals surface area contributed by atoms with Crippen LogP contribution < -0.4 is 20.5 Å². The molecule has 0 saturated heterocycles. The molecule has 0 spiro atoms. The van der Waals surface area contributed by atoms with Crippen LogP contribution in [0.3, 0.4) is 0 Å². The summed E-state index contributed by atoms with van der Waals surface area (Å²) in [4.78, 5) is 26.3. The summed E-state index contributed by atoms with van der Waals surface area (Å²) in [7, 11) is 1.60. The first-order valence-corrected chi connectivity index (χ1v) is 10.8. The van der Waals surface area contributed by atoms with Gasteiger partial charge < -0.3 is 10.1 Å². The summed E-state index contributed by atoms with van der Waals surface area (Å²) in [5, 5.41) is 4.88. The maximum absolute atomic E-state index is 13.4.